The molecule has 5 heteroatoms. The average molecular weight is 637 g/mol. The Bertz CT molecular complexity index is 1640. The Kier molecular flexibility index (Phi) is 11.6. The molecule has 0 N–H and O–H groups in total. The van der Waals surface area contributed by atoms with Crippen molar-refractivity contribution in [1.29, 1.82) is 0 Å². The van der Waals surface area contributed by atoms with Gasteiger partial charge in [0.1, 0.15) is 33.3 Å². The number of allylic oxidation sites excluding steroid dienone is 6. The lowest BCUT2D eigenvalue weighted by Crippen LogP contribution is -2.33. The van der Waals surface area contributed by atoms with E-state index in [4.69, 9.17) is 0 Å². The summed E-state index contributed by atoms with van der Waals surface area (Å²) >= 11 is 0. The molecule has 0 aromatic heterocycles. The zero-order chi connectivity index (χ0) is 32.5. The molecule has 0 aliphatic heterocycles. The van der Waals surface area contributed by atoms with Crippen LogP contribution in [0.25, 0.3) is 0 Å². The van der Waals surface area contributed by atoms with E-state index in [0.29, 0.717) is 0 Å². The van der Waals surface area contributed by atoms with Crippen LogP contribution in [0.15, 0.2) is 155 Å². The lowest BCUT2D eigenvalue weighted by Gasteiger charge is -2.33. The van der Waals surface area contributed by atoms with Crippen molar-refractivity contribution in [3.63, 3.8) is 0 Å². The molecule has 45 heavy (non-hydrogen) atoms. The highest BCUT2D eigenvalue weighted by molar-refractivity contribution is 7.95. The maximum atomic E-state index is 10.4. The van der Waals surface area contributed by atoms with Crippen molar-refractivity contribution in [2.45, 2.75) is 58.8 Å². The van der Waals surface area contributed by atoms with E-state index in [-0.39, 0.29) is 10.3 Å². The van der Waals surface area contributed by atoms with Crippen LogP contribution in [0.5, 0.6) is 0 Å². The fourth-order valence-corrected chi connectivity index (χ4v) is 10.7. The van der Waals surface area contributed by atoms with Crippen LogP contribution in [0, 0.1) is 12.3 Å². The largest absolute Gasteiger partial charge is 0.744 e. The minimum Gasteiger partial charge on any atom is -0.744 e. The average Bonchev–Trinajstić information content (AvgIpc) is 3.02. The molecule has 0 amide bonds. The molecular formula is C40H45O3PS. The molecule has 4 aromatic carbocycles. The van der Waals surface area contributed by atoms with Crippen LogP contribution in [0.1, 0.15) is 52.5 Å². The van der Waals surface area contributed by atoms with E-state index in [9.17, 15) is 13.0 Å². The second-order valence-corrected chi connectivity index (χ2v) is 17.4. The minimum absolute atomic E-state index is 0.178. The van der Waals surface area contributed by atoms with Gasteiger partial charge in [-0.05, 0) is 106 Å². The maximum absolute atomic E-state index is 10.4. The Hall–Kier alpha value is -3.56. The molecular weight excluding hydrogens is 591 g/mol. The monoisotopic (exact) mass is 636 g/mol. The van der Waals surface area contributed by atoms with Crippen molar-refractivity contribution in [3.05, 3.63) is 156 Å². The molecule has 0 fully saturated rings. The smallest absolute Gasteiger partial charge is 0.124 e. The summed E-state index contributed by atoms with van der Waals surface area (Å²) in [6.07, 6.45) is 12.1. The molecule has 1 aliphatic rings. The van der Waals surface area contributed by atoms with Crippen molar-refractivity contribution in [1.82, 2.24) is 0 Å². The summed E-state index contributed by atoms with van der Waals surface area (Å²) in [7, 11) is -6.09. The number of hydrogen-bond acceptors (Lipinski definition) is 3. The summed E-state index contributed by atoms with van der Waals surface area (Å²) in [6, 6.07) is 39.2. The molecule has 4 aromatic rings. The SMILES string of the molecule is CC(C=CC1=C(C)CCCC1(C)C)=CC[P+](c1ccccc1)(c1ccccc1)c1ccccc1.Cc1ccc(S(=O)(=O)[O-])cc1. The van der Waals surface area contributed by atoms with Gasteiger partial charge in [0.25, 0.3) is 0 Å². The summed E-state index contributed by atoms with van der Waals surface area (Å²) in [5, 5.41) is 4.31. The van der Waals surface area contributed by atoms with E-state index in [1.54, 1.807) is 17.7 Å². The molecule has 3 nitrogen and oxygen atoms in total. The van der Waals surface area contributed by atoms with Crippen LogP contribution < -0.4 is 15.9 Å². The molecule has 5 rings (SSSR count). The maximum Gasteiger partial charge on any atom is 0.124 e. The summed E-state index contributed by atoms with van der Waals surface area (Å²) in [4.78, 5) is -0.178. The van der Waals surface area contributed by atoms with Gasteiger partial charge in [0, 0.05) is 0 Å². The van der Waals surface area contributed by atoms with Gasteiger partial charge in [-0.1, -0.05) is 109 Å². The van der Waals surface area contributed by atoms with Gasteiger partial charge in [-0.15, -0.1) is 0 Å². The predicted octanol–water partition coefficient (Wildman–Crippen LogP) is 8.91. The van der Waals surface area contributed by atoms with Crippen molar-refractivity contribution < 1.29 is 13.0 Å². The molecule has 0 bridgehead atoms. The summed E-state index contributed by atoms with van der Waals surface area (Å²) in [6.45, 7) is 11.2. The third-order valence-corrected chi connectivity index (χ3v) is 13.8. The van der Waals surface area contributed by atoms with Gasteiger partial charge in [0.2, 0.25) is 0 Å². The Morgan fingerprint density at radius 2 is 1.24 bits per heavy atom. The highest BCUT2D eigenvalue weighted by atomic mass is 32.2. The van der Waals surface area contributed by atoms with E-state index in [2.05, 4.69) is 137 Å². The van der Waals surface area contributed by atoms with Crippen molar-refractivity contribution in [2.75, 3.05) is 6.16 Å². The summed E-state index contributed by atoms with van der Waals surface area (Å²) in [5.74, 6) is 0. The van der Waals surface area contributed by atoms with E-state index in [1.807, 2.05) is 6.92 Å². The van der Waals surface area contributed by atoms with Gasteiger partial charge in [0.05, 0.1) is 11.1 Å². The Morgan fingerprint density at radius 3 is 1.67 bits per heavy atom. The standard InChI is InChI=1S/C33H38P.C7H8O3S/c1-27(22-23-32-28(2)15-14-25-33(32,3)4)24-26-34(29-16-8-5-9-17-29,30-18-10-6-11-19-30)31-20-12-7-13-21-31;1-6-2-4-7(5-3-6)11(8,9)10/h5-13,16-24H,14-15,25-26H2,1-4H3;2-5H,1H3,(H,8,9,10)/q+1;/p-1. The Labute approximate surface area is 271 Å². The zero-order valence-corrected chi connectivity index (χ0v) is 28.8. The lowest BCUT2D eigenvalue weighted by atomic mass is 9.72. The van der Waals surface area contributed by atoms with Crippen molar-refractivity contribution in [3.8, 4) is 0 Å². The first kappa shape index (κ1) is 34.3. The molecule has 234 valence electrons. The Morgan fingerprint density at radius 1 is 0.778 bits per heavy atom. The van der Waals surface area contributed by atoms with Gasteiger partial charge in [0.15, 0.2) is 0 Å². The third kappa shape index (κ3) is 8.79. The van der Waals surface area contributed by atoms with Crippen LogP contribution in [0.2, 0.25) is 0 Å². The topological polar surface area (TPSA) is 57.2 Å². The van der Waals surface area contributed by atoms with Crippen LogP contribution in [0.3, 0.4) is 0 Å². The second kappa shape index (κ2) is 15.1. The minimum atomic E-state index is -4.27. The third-order valence-electron chi connectivity index (χ3n) is 8.64. The van der Waals surface area contributed by atoms with Gasteiger partial charge < -0.3 is 4.55 Å². The van der Waals surface area contributed by atoms with E-state index < -0.39 is 17.4 Å². The first-order chi connectivity index (χ1) is 21.4. The highest BCUT2D eigenvalue weighted by Crippen LogP contribution is 2.55. The van der Waals surface area contributed by atoms with Crippen molar-refractivity contribution >= 4 is 33.3 Å². The predicted molar refractivity (Wildman–Crippen MR) is 192 cm³/mol. The fraction of sp³-hybridized carbons (Fsp3) is 0.250. The Balaban J connectivity index is 0.000000354. The van der Waals surface area contributed by atoms with E-state index in [1.165, 1.54) is 58.5 Å². The van der Waals surface area contributed by atoms with E-state index >= 15 is 0 Å². The van der Waals surface area contributed by atoms with Crippen LogP contribution in [-0.4, -0.2) is 19.1 Å². The first-order valence-corrected chi connectivity index (χ1v) is 18.9. The lowest BCUT2D eigenvalue weighted by molar-refractivity contribution is 0.377. The van der Waals surface area contributed by atoms with Crippen LogP contribution in [0.4, 0.5) is 0 Å². The molecule has 1 aliphatic carbocycles. The van der Waals surface area contributed by atoms with Crippen LogP contribution >= 0.6 is 7.26 Å². The first-order valence-electron chi connectivity index (χ1n) is 15.6. The van der Waals surface area contributed by atoms with Crippen LogP contribution in [-0.2, 0) is 10.1 Å². The molecule has 0 radical (unpaired) electrons. The quantitative estimate of drug-likeness (QED) is 0.110. The van der Waals surface area contributed by atoms with Gasteiger partial charge in [-0.3, -0.25) is 0 Å². The normalized spacial score (nSPS) is 15.5. The molecule has 0 atom stereocenters. The summed E-state index contributed by atoms with van der Waals surface area (Å²) in [5.41, 5.74) is 5.63. The number of aryl methyl sites for hydroxylation is 1. The number of benzene rings is 4. The zero-order valence-electron chi connectivity index (χ0n) is 27.1. The molecule has 0 spiro atoms. The van der Waals surface area contributed by atoms with Gasteiger partial charge >= 0.3 is 0 Å². The summed E-state index contributed by atoms with van der Waals surface area (Å²) < 4.78 is 31.2. The van der Waals surface area contributed by atoms with Gasteiger partial charge in [-0.25, -0.2) is 8.42 Å². The number of hydrogen-bond donors (Lipinski definition) is 0. The molecule has 0 saturated carbocycles. The molecule has 0 heterocycles. The molecule has 0 saturated heterocycles. The number of rotatable bonds is 8. The highest BCUT2D eigenvalue weighted by Gasteiger charge is 2.44. The van der Waals surface area contributed by atoms with Crippen molar-refractivity contribution in [2.24, 2.45) is 5.41 Å². The second-order valence-electron chi connectivity index (χ2n) is 12.5. The van der Waals surface area contributed by atoms with E-state index in [0.717, 1.165) is 11.7 Å². The molecule has 0 unspecified atom stereocenters. The fourth-order valence-electron chi connectivity index (χ4n) is 6.09. The van der Waals surface area contributed by atoms with Gasteiger partial charge in [-0.2, -0.15) is 0 Å².